The summed E-state index contributed by atoms with van der Waals surface area (Å²) >= 11 is 1.91. The van der Waals surface area contributed by atoms with Crippen LogP contribution in [0.3, 0.4) is 0 Å². The van der Waals surface area contributed by atoms with Crippen molar-refractivity contribution in [2.24, 2.45) is 0 Å². The van der Waals surface area contributed by atoms with E-state index in [4.69, 9.17) is 4.98 Å². The lowest BCUT2D eigenvalue weighted by molar-refractivity contribution is 0.706. The van der Waals surface area contributed by atoms with Crippen LogP contribution in [0.2, 0.25) is 0 Å². The van der Waals surface area contributed by atoms with E-state index in [0.29, 0.717) is 0 Å². The van der Waals surface area contributed by atoms with E-state index in [1.54, 1.807) is 0 Å². The van der Waals surface area contributed by atoms with Crippen LogP contribution in [0.4, 0.5) is 0 Å². The average Bonchev–Trinajstić information content (AvgIpc) is 2.87. The number of rotatable bonds is 6. The number of para-hydroxylation sites is 2. The number of imidazole rings is 1. The summed E-state index contributed by atoms with van der Waals surface area (Å²) in [4.78, 5) is 6.11. The maximum absolute atomic E-state index is 4.78. The molecule has 0 unspecified atom stereocenters. The molecule has 21 heavy (non-hydrogen) atoms. The second kappa shape index (κ2) is 6.81. The summed E-state index contributed by atoms with van der Waals surface area (Å²) in [7, 11) is 0. The van der Waals surface area contributed by atoms with Crippen LogP contribution < -0.4 is 0 Å². The first-order valence-electron chi connectivity index (χ1n) is 7.50. The van der Waals surface area contributed by atoms with Crippen molar-refractivity contribution in [1.82, 2.24) is 9.55 Å². The van der Waals surface area contributed by atoms with E-state index in [2.05, 4.69) is 66.1 Å². The summed E-state index contributed by atoms with van der Waals surface area (Å²) in [6, 6.07) is 19.0. The van der Waals surface area contributed by atoms with Gasteiger partial charge in [-0.15, -0.1) is 11.8 Å². The smallest absolute Gasteiger partial charge is 0.109 e. The molecule has 3 aromatic rings. The number of benzene rings is 2. The van der Waals surface area contributed by atoms with Gasteiger partial charge in [0.25, 0.3) is 0 Å². The number of nitrogens with zero attached hydrogens (tertiary/aromatic N) is 2. The molecule has 0 saturated carbocycles. The van der Waals surface area contributed by atoms with E-state index in [0.717, 1.165) is 30.7 Å². The summed E-state index contributed by atoms with van der Waals surface area (Å²) in [6.07, 6.45) is 2.18. The lowest BCUT2D eigenvalue weighted by atomic mass is 10.3. The first-order valence-corrected chi connectivity index (χ1v) is 8.49. The van der Waals surface area contributed by atoms with Gasteiger partial charge < -0.3 is 4.57 Å². The van der Waals surface area contributed by atoms with E-state index >= 15 is 0 Å². The van der Waals surface area contributed by atoms with E-state index in [1.807, 2.05) is 11.8 Å². The predicted octanol–water partition coefficient (Wildman–Crippen LogP) is 4.78. The topological polar surface area (TPSA) is 17.8 Å². The zero-order chi connectivity index (χ0) is 14.5. The fourth-order valence-electron chi connectivity index (χ4n) is 2.56. The van der Waals surface area contributed by atoms with Gasteiger partial charge in [0.1, 0.15) is 5.82 Å². The molecule has 0 aliphatic heterocycles. The largest absolute Gasteiger partial charge is 0.327 e. The van der Waals surface area contributed by atoms with Gasteiger partial charge in [-0.05, 0) is 30.7 Å². The Kier molecular flexibility index (Phi) is 4.61. The van der Waals surface area contributed by atoms with E-state index in [-0.39, 0.29) is 0 Å². The van der Waals surface area contributed by atoms with Crippen molar-refractivity contribution < 1.29 is 0 Å². The monoisotopic (exact) mass is 296 g/mol. The highest BCUT2D eigenvalue weighted by atomic mass is 32.2. The standard InChI is InChI=1S/C18H20N2S/c1-2-8-18-19-16-11-6-7-12-17(16)20(18)13-14-21-15-9-4-3-5-10-15/h3-7,9-12H,2,8,13-14H2,1H3. The van der Waals surface area contributed by atoms with Crippen molar-refractivity contribution in [3.8, 4) is 0 Å². The normalized spacial score (nSPS) is 11.1. The Morgan fingerprint density at radius 1 is 1.00 bits per heavy atom. The number of hydrogen-bond donors (Lipinski definition) is 0. The van der Waals surface area contributed by atoms with Gasteiger partial charge in [0.05, 0.1) is 11.0 Å². The molecule has 0 N–H and O–H groups in total. The summed E-state index contributed by atoms with van der Waals surface area (Å²) in [5, 5.41) is 0. The van der Waals surface area contributed by atoms with Gasteiger partial charge in [-0.1, -0.05) is 37.3 Å². The van der Waals surface area contributed by atoms with Gasteiger partial charge in [-0.2, -0.15) is 0 Å². The molecule has 0 spiro atoms. The minimum absolute atomic E-state index is 1.01. The predicted molar refractivity (Wildman–Crippen MR) is 90.9 cm³/mol. The maximum Gasteiger partial charge on any atom is 0.109 e. The van der Waals surface area contributed by atoms with Crippen molar-refractivity contribution in [1.29, 1.82) is 0 Å². The van der Waals surface area contributed by atoms with Crippen molar-refractivity contribution in [2.75, 3.05) is 5.75 Å². The molecule has 0 radical (unpaired) electrons. The molecule has 2 nitrogen and oxygen atoms in total. The van der Waals surface area contributed by atoms with Gasteiger partial charge in [-0.25, -0.2) is 4.98 Å². The number of aryl methyl sites for hydroxylation is 2. The van der Waals surface area contributed by atoms with E-state index < -0.39 is 0 Å². The van der Waals surface area contributed by atoms with Crippen LogP contribution in [0.1, 0.15) is 19.2 Å². The molecule has 0 aliphatic carbocycles. The van der Waals surface area contributed by atoms with Crippen LogP contribution >= 0.6 is 11.8 Å². The first-order chi connectivity index (χ1) is 10.4. The van der Waals surface area contributed by atoms with Gasteiger partial charge in [0.15, 0.2) is 0 Å². The molecule has 0 saturated heterocycles. The van der Waals surface area contributed by atoms with Crippen LogP contribution in [-0.4, -0.2) is 15.3 Å². The molecule has 3 heteroatoms. The maximum atomic E-state index is 4.78. The van der Waals surface area contributed by atoms with Crippen LogP contribution in [0, 0.1) is 0 Å². The van der Waals surface area contributed by atoms with Crippen molar-refractivity contribution in [3.63, 3.8) is 0 Å². The lowest BCUT2D eigenvalue weighted by Gasteiger charge is -2.08. The Bertz CT molecular complexity index is 704. The fourth-order valence-corrected chi connectivity index (χ4v) is 3.42. The molecule has 1 aromatic heterocycles. The summed E-state index contributed by atoms with van der Waals surface area (Å²) in [5.74, 6) is 2.29. The lowest BCUT2D eigenvalue weighted by Crippen LogP contribution is -2.05. The van der Waals surface area contributed by atoms with E-state index in [1.165, 1.54) is 16.2 Å². The Hall–Kier alpha value is -1.74. The number of thioether (sulfide) groups is 1. The van der Waals surface area contributed by atoms with Gasteiger partial charge in [0.2, 0.25) is 0 Å². The van der Waals surface area contributed by atoms with Crippen LogP contribution in [0.5, 0.6) is 0 Å². The third kappa shape index (κ3) is 3.30. The van der Waals surface area contributed by atoms with Gasteiger partial charge in [0, 0.05) is 23.6 Å². The highest BCUT2D eigenvalue weighted by Crippen LogP contribution is 2.21. The molecule has 0 fully saturated rings. The minimum Gasteiger partial charge on any atom is -0.327 e. The Balaban J connectivity index is 1.77. The number of aromatic nitrogens is 2. The molecule has 0 bridgehead atoms. The van der Waals surface area contributed by atoms with Crippen molar-refractivity contribution in [3.05, 3.63) is 60.4 Å². The number of fused-ring (bicyclic) bond motifs is 1. The van der Waals surface area contributed by atoms with Gasteiger partial charge >= 0.3 is 0 Å². The molecule has 0 aliphatic rings. The summed E-state index contributed by atoms with van der Waals surface area (Å²) in [5.41, 5.74) is 2.38. The Labute approximate surface area is 130 Å². The van der Waals surface area contributed by atoms with Gasteiger partial charge in [-0.3, -0.25) is 0 Å². The number of hydrogen-bond acceptors (Lipinski definition) is 2. The molecule has 0 atom stereocenters. The molecule has 108 valence electrons. The molecule has 2 aromatic carbocycles. The zero-order valence-electron chi connectivity index (χ0n) is 12.3. The summed E-state index contributed by atoms with van der Waals surface area (Å²) < 4.78 is 2.38. The van der Waals surface area contributed by atoms with Crippen molar-refractivity contribution >= 4 is 22.8 Å². The van der Waals surface area contributed by atoms with Crippen LogP contribution in [0.25, 0.3) is 11.0 Å². The third-order valence-electron chi connectivity index (χ3n) is 3.53. The Morgan fingerprint density at radius 3 is 2.57 bits per heavy atom. The third-order valence-corrected chi connectivity index (χ3v) is 4.53. The molecule has 0 amide bonds. The quantitative estimate of drug-likeness (QED) is 0.609. The molecular formula is C18H20N2S. The molecule has 1 heterocycles. The second-order valence-corrected chi connectivity index (χ2v) is 6.25. The SMILES string of the molecule is CCCc1nc2ccccc2n1CCSc1ccccc1. The molecule has 3 rings (SSSR count). The van der Waals surface area contributed by atoms with Crippen LogP contribution in [0.15, 0.2) is 59.5 Å². The van der Waals surface area contributed by atoms with Crippen molar-refractivity contribution in [2.45, 2.75) is 31.2 Å². The first kappa shape index (κ1) is 14.2. The minimum atomic E-state index is 1.01. The second-order valence-electron chi connectivity index (χ2n) is 5.08. The Morgan fingerprint density at radius 2 is 1.76 bits per heavy atom. The average molecular weight is 296 g/mol. The van der Waals surface area contributed by atoms with E-state index in [9.17, 15) is 0 Å². The fraction of sp³-hybridized carbons (Fsp3) is 0.278. The zero-order valence-corrected chi connectivity index (χ0v) is 13.1. The summed E-state index contributed by atoms with van der Waals surface area (Å²) in [6.45, 7) is 3.22. The highest BCUT2D eigenvalue weighted by molar-refractivity contribution is 7.99. The molecular weight excluding hydrogens is 276 g/mol. The highest BCUT2D eigenvalue weighted by Gasteiger charge is 2.09. The van der Waals surface area contributed by atoms with Crippen LogP contribution in [-0.2, 0) is 13.0 Å².